The van der Waals surface area contributed by atoms with Crippen LogP contribution in [0.25, 0.3) is 0 Å². The molecule has 0 heterocycles. The summed E-state index contributed by atoms with van der Waals surface area (Å²) in [5.74, 6) is -0.754. The van der Waals surface area contributed by atoms with Gasteiger partial charge < -0.3 is 15.4 Å². The van der Waals surface area contributed by atoms with Gasteiger partial charge in [0.1, 0.15) is 6.04 Å². The summed E-state index contributed by atoms with van der Waals surface area (Å²) in [6, 6.07) is 11.5. The van der Waals surface area contributed by atoms with Gasteiger partial charge >= 0.3 is 5.97 Å². The number of hydrogen-bond donors (Lipinski definition) is 3. The predicted molar refractivity (Wildman–Crippen MR) is 97.3 cm³/mol. The lowest BCUT2D eigenvalue weighted by Gasteiger charge is -2.15. The summed E-state index contributed by atoms with van der Waals surface area (Å²) in [6.07, 6.45) is 0. The fourth-order valence-electron chi connectivity index (χ4n) is 2.11. The number of amides is 1. The highest BCUT2D eigenvalue weighted by molar-refractivity contribution is 7.89. The van der Waals surface area contributed by atoms with Crippen LogP contribution in [-0.2, 0) is 19.6 Å². The summed E-state index contributed by atoms with van der Waals surface area (Å²) in [6.45, 7) is 1.67. The summed E-state index contributed by atoms with van der Waals surface area (Å²) in [4.78, 5) is 23.6. The number of nitrogens with two attached hydrogens (primary N) is 1. The third kappa shape index (κ3) is 5.04. The normalized spacial score (nSPS) is 12.1. The van der Waals surface area contributed by atoms with Crippen molar-refractivity contribution in [2.24, 2.45) is 5.14 Å². The maximum absolute atomic E-state index is 12.2. The third-order valence-electron chi connectivity index (χ3n) is 3.53. The number of carbonyl (C=O) groups is 2. The second kappa shape index (κ2) is 7.98. The maximum Gasteiger partial charge on any atom is 0.337 e. The van der Waals surface area contributed by atoms with E-state index in [2.05, 4.69) is 15.4 Å². The molecule has 2 aromatic carbocycles. The minimum Gasteiger partial charge on any atom is -0.465 e. The standard InChI is InChI=1S/C17H19N3O5S/c1-11(19-13-5-3-12(4-6-13)17(22)25-2)16(21)20-14-7-9-15(10-8-14)26(18,23)24/h3-11,19H,1-2H3,(H,20,21)(H2,18,23,24)/t11-/m0/s1. The second-order valence-corrected chi connectivity index (χ2v) is 7.06. The van der Waals surface area contributed by atoms with Crippen LogP contribution in [0, 0.1) is 0 Å². The number of anilines is 2. The molecule has 0 saturated heterocycles. The number of esters is 1. The number of benzene rings is 2. The highest BCUT2D eigenvalue weighted by Gasteiger charge is 2.14. The quantitative estimate of drug-likeness (QED) is 0.656. The average Bonchev–Trinajstić information content (AvgIpc) is 2.61. The van der Waals surface area contributed by atoms with Crippen molar-refractivity contribution in [3.63, 3.8) is 0 Å². The number of rotatable bonds is 6. The molecule has 1 atom stereocenters. The van der Waals surface area contributed by atoms with E-state index in [0.717, 1.165) is 0 Å². The Bertz CT molecular complexity index is 893. The van der Waals surface area contributed by atoms with Crippen molar-refractivity contribution in [1.29, 1.82) is 0 Å². The lowest BCUT2D eigenvalue weighted by molar-refractivity contribution is -0.116. The Balaban J connectivity index is 1.98. The fraction of sp³-hybridized carbons (Fsp3) is 0.176. The molecule has 8 nitrogen and oxygen atoms in total. The van der Waals surface area contributed by atoms with Gasteiger partial charge in [-0.25, -0.2) is 18.4 Å². The topological polar surface area (TPSA) is 128 Å². The smallest absolute Gasteiger partial charge is 0.337 e. The average molecular weight is 377 g/mol. The first-order chi connectivity index (χ1) is 12.2. The van der Waals surface area contributed by atoms with E-state index in [1.807, 2.05) is 0 Å². The number of nitrogens with one attached hydrogen (secondary N) is 2. The molecule has 0 aliphatic rings. The zero-order valence-corrected chi connectivity index (χ0v) is 15.0. The van der Waals surface area contributed by atoms with Crippen LogP contribution < -0.4 is 15.8 Å². The summed E-state index contributed by atoms with van der Waals surface area (Å²) in [5, 5.41) is 10.7. The Morgan fingerprint density at radius 2 is 1.54 bits per heavy atom. The van der Waals surface area contributed by atoms with Crippen molar-refractivity contribution in [1.82, 2.24) is 0 Å². The lowest BCUT2D eigenvalue weighted by Crippen LogP contribution is -2.31. The van der Waals surface area contributed by atoms with E-state index < -0.39 is 22.0 Å². The second-order valence-electron chi connectivity index (χ2n) is 5.49. The number of ether oxygens (including phenoxy) is 1. The van der Waals surface area contributed by atoms with Crippen molar-refractivity contribution < 1.29 is 22.7 Å². The van der Waals surface area contributed by atoms with E-state index >= 15 is 0 Å². The van der Waals surface area contributed by atoms with E-state index in [0.29, 0.717) is 16.9 Å². The van der Waals surface area contributed by atoms with Crippen molar-refractivity contribution >= 4 is 33.3 Å². The molecule has 1 amide bonds. The van der Waals surface area contributed by atoms with Crippen molar-refractivity contribution in [3.05, 3.63) is 54.1 Å². The maximum atomic E-state index is 12.2. The van der Waals surface area contributed by atoms with E-state index in [1.54, 1.807) is 31.2 Å². The molecule has 138 valence electrons. The zero-order chi connectivity index (χ0) is 19.3. The Morgan fingerprint density at radius 3 is 2.04 bits per heavy atom. The minimum atomic E-state index is -3.77. The summed E-state index contributed by atoms with van der Waals surface area (Å²) in [7, 11) is -2.47. The highest BCUT2D eigenvalue weighted by atomic mass is 32.2. The van der Waals surface area contributed by atoms with Crippen molar-refractivity contribution in [2.45, 2.75) is 17.9 Å². The Morgan fingerprint density at radius 1 is 1.00 bits per heavy atom. The van der Waals surface area contributed by atoms with Crippen molar-refractivity contribution in [3.8, 4) is 0 Å². The Hall–Kier alpha value is -2.91. The van der Waals surface area contributed by atoms with Crippen molar-refractivity contribution in [2.75, 3.05) is 17.7 Å². The van der Waals surface area contributed by atoms with Gasteiger partial charge in [0.05, 0.1) is 17.6 Å². The minimum absolute atomic E-state index is 0.0348. The van der Waals surface area contributed by atoms with Gasteiger partial charge in [0.2, 0.25) is 15.9 Å². The number of primary sulfonamides is 1. The molecule has 4 N–H and O–H groups in total. The first kappa shape index (κ1) is 19.4. The Kier molecular flexibility index (Phi) is 5.96. The van der Waals surface area contributed by atoms with Crippen LogP contribution >= 0.6 is 0 Å². The van der Waals surface area contributed by atoms with Gasteiger partial charge in [-0.05, 0) is 55.5 Å². The molecule has 0 aliphatic heterocycles. The summed E-state index contributed by atoms with van der Waals surface area (Å²) in [5.41, 5.74) is 1.51. The SMILES string of the molecule is COC(=O)c1ccc(N[C@@H](C)C(=O)Nc2ccc(S(N)(=O)=O)cc2)cc1. The first-order valence-corrected chi connectivity index (χ1v) is 9.14. The number of hydrogen-bond acceptors (Lipinski definition) is 6. The molecule has 9 heteroatoms. The first-order valence-electron chi connectivity index (χ1n) is 7.59. The summed E-state index contributed by atoms with van der Waals surface area (Å²) < 4.78 is 27.1. The van der Waals surface area contributed by atoms with Gasteiger partial charge in [-0.1, -0.05) is 0 Å². The number of sulfonamides is 1. The Labute approximate surface area is 151 Å². The molecule has 0 spiro atoms. The van der Waals surface area contributed by atoms with Crippen LogP contribution in [0.4, 0.5) is 11.4 Å². The summed E-state index contributed by atoms with van der Waals surface area (Å²) >= 11 is 0. The van der Waals surface area contributed by atoms with E-state index in [-0.39, 0.29) is 10.8 Å². The molecule has 0 saturated carbocycles. The van der Waals surface area contributed by atoms with Crippen LogP contribution in [0.1, 0.15) is 17.3 Å². The van der Waals surface area contributed by atoms with E-state index in [1.165, 1.54) is 31.4 Å². The van der Waals surface area contributed by atoms with Gasteiger partial charge in [0, 0.05) is 11.4 Å². The molecule has 0 aliphatic carbocycles. The van der Waals surface area contributed by atoms with E-state index in [9.17, 15) is 18.0 Å². The number of carbonyl (C=O) groups excluding carboxylic acids is 2. The fourth-order valence-corrected chi connectivity index (χ4v) is 2.63. The van der Waals surface area contributed by atoms with E-state index in [4.69, 9.17) is 5.14 Å². The van der Waals surface area contributed by atoms with Gasteiger partial charge in [-0.15, -0.1) is 0 Å². The van der Waals surface area contributed by atoms with Crippen LogP contribution in [0.2, 0.25) is 0 Å². The molecule has 0 aromatic heterocycles. The molecule has 26 heavy (non-hydrogen) atoms. The van der Waals surface area contributed by atoms with Crippen LogP contribution in [0.5, 0.6) is 0 Å². The van der Waals surface area contributed by atoms with Gasteiger partial charge in [0.15, 0.2) is 0 Å². The largest absolute Gasteiger partial charge is 0.465 e. The number of methoxy groups -OCH3 is 1. The molecular formula is C17H19N3O5S. The lowest BCUT2D eigenvalue weighted by atomic mass is 10.2. The highest BCUT2D eigenvalue weighted by Crippen LogP contribution is 2.15. The zero-order valence-electron chi connectivity index (χ0n) is 14.2. The molecule has 0 radical (unpaired) electrons. The molecule has 0 bridgehead atoms. The molecular weight excluding hydrogens is 358 g/mol. The van der Waals surface area contributed by atoms with Crippen LogP contribution in [0.3, 0.4) is 0 Å². The van der Waals surface area contributed by atoms with Gasteiger partial charge in [-0.3, -0.25) is 4.79 Å². The third-order valence-corrected chi connectivity index (χ3v) is 4.46. The van der Waals surface area contributed by atoms with Crippen LogP contribution in [-0.4, -0.2) is 33.4 Å². The van der Waals surface area contributed by atoms with Gasteiger partial charge in [0.25, 0.3) is 0 Å². The molecule has 0 unspecified atom stereocenters. The molecule has 2 rings (SSSR count). The molecule has 0 fully saturated rings. The monoisotopic (exact) mass is 377 g/mol. The van der Waals surface area contributed by atoms with Crippen LogP contribution in [0.15, 0.2) is 53.4 Å². The predicted octanol–water partition coefficient (Wildman–Crippen LogP) is 1.56. The van der Waals surface area contributed by atoms with Gasteiger partial charge in [-0.2, -0.15) is 0 Å². The molecule has 2 aromatic rings.